The molecule has 0 aliphatic carbocycles. The lowest BCUT2D eigenvalue weighted by Crippen LogP contribution is -2.10. The van der Waals surface area contributed by atoms with Crippen molar-refractivity contribution in [1.82, 2.24) is 14.8 Å². The molecule has 27 heavy (non-hydrogen) atoms. The molecular weight excluding hydrogens is 411 g/mol. The molecule has 0 spiro atoms. The summed E-state index contributed by atoms with van der Waals surface area (Å²) in [5, 5.41) is 4.23. The number of aryl methyl sites for hydroxylation is 2. The number of ether oxygens (including phenoxy) is 1. The summed E-state index contributed by atoms with van der Waals surface area (Å²) in [5.74, 6) is -0.743. The van der Waals surface area contributed by atoms with Gasteiger partial charge in [-0.3, -0.25) is 0 Å². The molecule has 0 aliphatic rings. The summed E-state index contributed by atoms with van der Waals surface area (Å²) in [6, 6.07) is 9.47. The molecule has 6 nitrogen and oxygen atoms in total. The molecule has 3 rings (SSSR count). The van der Waals surface area contributed by atoms with E-state index < -0.39 is 5.97 Å². The van der Waals surface area contributed by atoms with Gasteiger partial charge in [-0.15, -0.1) is 0 Å². The van der Waals surface area contributed by atoms with E-state index in [4.69, 9.17) is 45.3 Å². The molecular formula is C18H15Cl3N4O2. The van der Waals surface area contributed by atoms with Gasteiger partial charge >= 0.3 is 5.97 Å². The Hall–Kier alpha value is -2.28. The molecule has 0 saturated heterocycles. The van der Waals surface area contributed by atoms with Gasteiger partial charge in [-0.25, -0.2) is 14.5 Å². The van der Waals surface area contributed by atoms with Crippen LogP contribution in [0.4, 0.5) is 5.69 Å². The molecule has 0 amide bonds. The molecule has 0 fully saturated rings. The van der Waals surface area contributed by atoms with Crippen molar-refractivity contribution in [2.45, 2.75) is 20.5 Å². The lowest BCUT2D eigenvalue weighted by atomic mass is 10.2. The van der Waals surface area contributed by atoms with Crippen LogP contribution in [0.3, 0.4) is 0 Å². The second-order valence-corrected chi connectivity index (χ2v) is 6.99. The summed E-state index contributed by atoms with van der Waals surface area (Å²) < 4.78 is 7.09. The second kappa shape index (κ2) is 7.76. The first-order chi connectivity index (χ1) is 12.8. The van der Waals surface area contributed by atoms with Crippen LogP contribution in [-0.2, 0) is 11.3 Å². The Bertz CT molecular complexity index is 1020. The minimum absolute atomic E-state index is 0.00189. The first kappa shape index (κ1) is 19.5. The van der Waals surface area contributed by atoms with Crippen molar-refractivity contribution < 1.29 is 9.53 Å². The van der Waals surface area contributed by atoms with Crippen molar-refractivity contribution in [1.29, 1.82) is 0 Å². The van der Waals surface area contributed by atoms with E-state index in [1.807, 2.05) is 48.9 Å². The number of aromatic nitrogens is 3. The number of nitrogens with zero attached hydrogens (tertiary/aromatic N) is 3. The number of nitrogens with two attached hydrogens (primary N) is 1. The molecule has 9 heteroatoms. The Kier molecular flexibility index (Phi) is 5.60. The molecule has 0 radical (unpaired) electrons. The van der Waals surface area contributed by atoms with Gasteiger partial charge < -0.3 is 10.5 Å². The zero-order valence-electron chi connectivity index (χ0n) is 14.5. The van der Waals surface area contributed by atoms with Gasteiger partial charge in [-0.1, -0.05) is 46.9 Å². The lowest BCUT2D eigenvalue weighted by Gasteiger charge is -2.10. The minimum atomic E-state index is -0.743. The van der Waals surface area contributed by atoms with Gasteiger partial charge in [0.1, 0.15) is 11.6 Å². The van der Waals surface area contributed by atoms with Crippen molar-refractivity contribution in [3.63, 3.8) is 0 Å². The van der Waals surface area contributed by atoms with E-state index in [-0.39, 0.29) is 33.2 Å². The first-order valence-corrected chi connectivity index (χ1v) is 9.01. The molecule has 0 saturated carbocycles. The van der Waals surface area contributed by atoms with Gasteiger partial charge in [0.15, 0.2) is 10.8 Å². The normalized spacial score (nSPS) is 10.9. The monoisotopic (exact) mass is 424 g/mol. The van der Waals surface area contributed by atoms with Gasteiger partial charge in [0.05, 0.1) is 22.1 Å². The zero-order valence-corrected chi connectivity index (χ0v) is 16.7. The number of benzene rings is 1. The number of nitrogen functional groups attached to an aromatic ring is 1. The molecule has 0 atom stereocenters. The van der Waals surface area contributed by atoms with Crippen LogP contribution in [0, 0.1) is 13.8 Å². The summed E-state index contributed by atoms with van der Waals surface area (Å²) in [6.07, 6.45) is 0. The quantitative estimate of drug-likeness (QED) is 0.480. The fourth-order valence-electron chi connectivity index (χ4n) is 2.51. The third-order valence-corrected chi connectivity index (χ3v) is 4.96. The Balaban J connectivity index is 1.72. The maximum Gasteiger partial charge on any atom is 0.358 e. The Labute approximate surface area is 170 Å². The topological polar surface area (TPSA) is 83.0 Å². The highest BCUT2D eigenvalue weighted by molar-refractivity contribution is 6.46. The number of hydrogen-bond donors (Lipinski definition) is 1. The third kappa shape index (κ3) is 4.03. The number of halogens is 3. The number of pyridine rings is 1. The smallest absolute Gasteiger partial charge is 0.358 e. The van der Waals surface area contributed by atoms with Crippen molar-refractivity contribution in [3.8, 4) is 5.69 Å². The number of hydrogen-bond acceptors (Lipinski definition) is 5. The maximum atomic E-state index is 12.2. The Morgan fingerprint density at radius 1 is 1.15 bits per heavy atom. The Morgan fingerprint density at radius 2 is 1.81 bits per heavy atom. The largest absolute Gasteiger partial charge is 0.456 e. The lowest BCUT2D eigenvalue weighted by molar-refractivity contribution is 0.0466. The first-order valence-electron chi connectivity index (χ1n) is 7.87. The fourth-order valence-corrected chi connectivity index (χ4v) is 3.09. The Morgan fingerprint density at radius 3 is 2.41 bits per heavy atom. The van der Waals surface area contributed by atoms with Gasteiger partial charge in [0.25, 0.3) is 0 Å². The summed E-state index contributed by atoms with van der Waals surface area (Å²) in [4.78, 5) is 16.1. The number of esters is 1. The molecule has 2 N–H and O–H groups in total. The SMILES string of the molecule is Cc1cc(C)n(-c2ccc(COC(=O)c3nc(Cl)c(Cl)c(N)c3Cl)cc2)n1. The molecule has 3 aromatic rings. The van der Waals surface area contributed by atoms with Crippen LogP contribution in [0.2, 0.25) is 15.2 Å². The van der Waals surface area contributed by atoms with E-state index in [0.717, 1.165) is 22.6 Å². The van der Waals surface area contributed by atoms with E-state index in [0.29, 0.717) is 0 Å². The van der Waals surface area contributed by atoms with Crippen molar-refractivity contribution in [2.75, 3.05) is 5.73 Å². The predicted octanol–water partition coefficient (Wildman–Crippen LogP) is 4.78. The fraction of sp³-hybridized carbons (Fsp3) is 0.167. The molecule has 2 aromatic heterocycles. The average Bonchev–Trinajstić information content (AvgIpc) is 2.99. The standard InChI is InChI=1S/C18H15Cl3N4O2/c1-9-7-10(2)25(24-9)12-5-3-11(4-6-12)8-27-18(26)16-13(19)15(22)14(20)17(21)23-16/h3-7H,8H2,1-2H3,(H2,22,23). The van der Waals surface area contributed by atoms with Crippen molar-refractivity contribution in [2.24, 2.45) is 0 Å². The zero-order chi connectivity index (χ0) is 19.7. The van der Waals surface area contributed by atoms with E-state index in [1.54, 1.807) is 0 Å². The van der Waals surface area contributed by atoms with E-state index >= 15 is 0 Å². The van der Waals surface area contributed by atoms with Gasteiger partial charge in [0, 0.05) is 5.69 Å². The molecule has 140 valence electrons. The van der Waals surface area contributed by atoms with Crippen LogP contribution >= 0.6 is 34.8 Å². The van der Waals surface area contributed by atoms with Crippen LogP contribution in [0.15, 0.2) is 30.3 Å². The summed E-state index contributed by atoms with van der Waals surface area (Å²) in [7, 11) is 0. The molecule has 0 aliphatic heterocycles. The van der Waals surface area contributed by atoms with Gasteiger partial charge in [-0.05, 0) is 37.6 Å². The molecule has 0 bridgehead atoms. The number of carbonyl (C=O) groups excluding carboxylic acids is 1. The third-order valence-electron chi connectivity index (χ3n) is 3.83. The molecule has 1 aromatic carbocycles. The van der Waals surface area contributed by atoms with Crippen LogP contribution < -0.4 is 5.73 Å². The van der Waals surface area contributed by atoms with Gasteiger partial charge in [0.2, 0.25) is 0 Å². The summed E-state index contributed by atoms with van der Waals surface area (Å²) in [6.45, 7) is 3.95. The van der Waals surface area contributed by atoms with Crippen LogP contribution in [0.5, 0.6) is 0 Å². The molecule has 2 heterocycles. The second-order valence-electron chi connectivity index (χ2n) is 5.87. The number of carbonyl (C=O) groups is 1. The van der Waals surface area contributed by atoms with E-state index in [1.165, 1.54) is 0 Å². The van der Waals surface area contributed by atoms with Crippen LogP contribution in [-0.4, -0.2) is 20.7 Å². The highest BCUT2D eigenvalue weighted by Crippen LogP contribution is 2.34. The summed E-state index contributed by atoms with van der Waals surface area (Å²) >= 11 is 17.7. The summed E-state index contributed by atoms with van der Waals surface area (Å²) in [5.41, 5.74) is 9.19. The molecule has 0 unspecified atom stereocenters. The highest BCUT2D eigenvalue weighted by Gasteiger charge is 2.21. The van der Waals surface area contributed by atoms with Crippen LogP contribution in [0.25, 0.3) is 5.69 Å². The highest BCUT2D eigenvalue weighted by atomic mass is 35.5. The van der Waals surface area contributed by atoms with E-state index in [9.17, 15) is 4.79 Å². The maximum absolute atomic E-state index is 12.2. The number of anilines is 1. The van der Waals surface area contributed by atoms with Crippen LogP contribution in [0.1, 0.15) is 27.4 Å². The van der Waals surface area contributed by atoms with Gasteiger partial charge in [-0.2, -0.15) is 5.10 Å². The van der Waals surface area contributed by atoms with E-state index in [2.05, 4.69) is 10.1 Å². The average molecular weight is 426 g/mol. The minimum Gasteiger partial charge on any atom is -0.456 e. The van der Waals surface area contributed by atoms with Crippen molar-refractivity contribution in [3.05, 3.63) is 68.2 Å². The predicted molar refractivity (Wildman–Crippen MR) is 106 cm³/mol. The number of rotatable bonds is 4. The van der Waals surface area contributed by atoms with Crippen molar-refractivity contribution >= 4 is 46.5 Å².